The van der Waals surface area contributed by atoms with Crippen LogP contribution in [0, 0.1) is 5.92 Å². The predicted octanol–water partition coefficient (Wildman–Crippen LogP) is 0.389. The van der Waals surface area contributed by atoms with Crippen LogP contribution in [0.15, 0.2) is 0 Å². The summed E-state index contributed by atoms with van der Waals surface area (Å²) in [6, 6.07) is 0.227. The Balaban J connectivity index is 2.25. The molecule has 4 nitrogen and oxygen atoms in total. The average Bonchev–Trinajstić information content (AvgIpc) is 2.29. The van der Waals surface area contributed by atoms with Crippen molar-refractivity contribution in [2.45, 2.75) is 38.6 Å². The summed E-state index contributed by atoms with van der Waals surface area (Å²) in [5.41, 5.74) is 5.41. The van der Waals surface area contributed by atoms with Gasteiger partial charge in [-0.2, -0.15) is 0 Å². The van der Waals surface area contributed by atoms with Gasteiger partial charge in [0.15, 0.2) is 0 Å². The van der Waals surface area contributed by atoms with Gasteiger partial charge in [0, 0.05) is 34.3 Å². The third-order valence-corrected chi connectivity index (χ3v) is 4.41. The number of amides is 1. The number of carbonyl (C=O) groups excluding carboxylic acids is 1. The van der Waals surface area contributed by atoms with Gasteiger partial charge in [-0.05, 0) is 32.2 Å². The lowest BCUT2D eigenvalue weighted by Crippen LogP contribution is -2.42. The highest BCUT2D eigenvalue weighted by atomic mass is 32.2. The van der Waals surface area contributed by atoms with E-state index in [9.17, 15) is 9.00 Å². The monoisotopic (exact) mass is 246 g/mol. The molecule has 0 spiro atoms. The molecule has 0 radical (unpaired) electrons. The fourth-order valence-corrected chi connectivity index (χ4v) is 3.14. The fourth-order valence-electron chi connectivity index (χ4n) is 1.84. The van der Waals surface area contributed by atoms with E-state index in [1.165, 1.54) is 0 Å². The highest BCUT2D eigenvalue weighted by Crippen LogP contribution is 2.11. The van der Waals surface area contributed by atoms with E-state index in [2.05, 4.69) is 5.32 Å². The Morgan fingerprint density at radius 1 is 1.50 bits per heavy atom. The van der Waals surface area contributed by atoms with Gasteiger partial charge in [-0.15, -0.1) is 0 Å². The molecular formula is C11H22N2O2S. The van der Waals surface area contributed by atoms with Gasteiger partial charge >= 0.3 is 0 Å². The van der Waals surface area contributed by atoms with Gasteiger partial charge in [0.2, 0.25) is 5.91 Å². The highest BCUT2D eigenvalue weighted by molar-refractivity contribution is 7.85. The molecule has 0 bridgehead atoms. The first-order valence-corrected chi connectivity index (χ1v) is 7.47. The smallest absolute Gasteiger partial charge is 0.223 e. The molecule has 0 aromatic carbocycles. The first-order chi connectivity index (χ1) is 7.63. The molecule has 16 heavy (non-hydrogen) atoms. The summed E-state index contributed by atoms with van der Waals surface area (Å²) in [4.78, 5) is 11.8. The normalized spacial score (nSPS) is 27.4. The molecule has 0 aromatic heterocycles. The van der Waals surface area contributed by atoms with Gasteiger partial charge in [-0.25, -0.2) is 0 Å². The molecule has 94 valence electrons. The zero-order chi connectivity index (χ0) is 12.0. The maximum absolute atomic E-state index is 11.8. The van der Waals surface area contributed by atoms with Crippen LogP contribution in [0.4, 0.5) is 0 Å². The molecule has 1 atom stereocenters. The molecule has 3 N–H and O–H groups in total. The van der Waals surface area contributed by atoms with E-state index in [-0.39, 0.29) is 17.9 Å². The minimum Gasteiger partial charge on any atom is -0.353 e. The second-order valence-corrected chi connectivity index (χ2v) is 6.16. The second kappa shape index (κ2) is 7.01. The van der Waals surface area contributed by atoms with E-state index in [1.807, 2.05) is 6.92 Å². The molecule has 0 saturated carbocycles. The molecule has 1 aliphatic rings. The van der Waals surface area contributed by atoms with Crippen molar-refractivity contribution in [2.24, 2.45) is 11.7 Å². The molecule has 0 aromatic rings. The summed E-state index contributed by atoms with van der Waals surface area (Å²) in [7, 11) is -0.659. The van der Waals surface area contributed by atoms with Crippen molar-refractivity contribution in [2.75, 3.05) is 18.1 Å². The first-order valence-electron chi connectivity index (χ1n) is 5.99. The zero-order valence-electron chi connectivity index (χ0n) is 9.91. The number of nitrogens with two attached hydrogens (primary N) is 1. The Morgan fingerprint density at radius 3 is 2.69 bits per heavy atom. The van der Waals surface area contributed by atoms with Crippen LogP contribution in [0.2, 0.25) is 0 Å². The number of nitrogens with one attached hydrogen (secondary N) is 1. The zero-order valence-corrected chi connectivity index (χ0v) is 10.7. The third-order valence-electron chi connectivity index (χ3n) is 3.02. The van der Waals surface area contributed by atoms with E-state index in [1.54, 1.807) is 0 Å². The molecule has 1 heterocycles. The number of carbonyl (C=O) groups is 1. The third kappa shape index (κ3) is 4.61. The van der Waals surface area contributed by atoms with Crippen molar-refractivity contribution in [3.8, 4) is 0 Å². The lowest BCUT2D eigenvalue weighted by atomic mass is 10.0. The Morgan fingerprint density at radius 2 is 2.12 bits per heavy atom. The number of hydrogen-bond acceptors (Lipinski definition) is 3. The second-order valence-electron chi connectivity index (χ2n) is 4.46. The van der Waals surface area contributed by atoms with Gasteiger partial charge in [0.1, 0.15) is 0 Å². The van der Waals surface area contributed by atoms with Crippen molar-refractivity contribution in [3.63, 3.8) is 0 Å². The van der Waals surface area contributed by atoms with Crippen LogP contribution in [0.1, 0.15) is 32.6 Å². The fraction of sp³-hybridized carbons (Fsp3) is 0.909. The van der Waals surface area contributed by atoms with Crippen molar-refractivity contribution in [1.82, 2.24) is 5.32 Å². The van der Waals surface area contributed by atoms with Gasteiger partial charge < -0.3 is 11.1 Å². The Bertz CT molecular complexity index is 248. The Hall–Kier alpha value is -0.420. The summed E-state index contributed by atoms with van der Waals surface area (Å²) >= 11 is 0. The molecule has 1 fully saturated rings. The first kappa shape index (κ1) is 13.6. The molecular weight excluding hydrogens is 224 g/mol. The Kier molecular flexibility index (Phi) is 5.98. The standard InChI is InChI=1S/C11H22N2O2S/c1-9(3-2-6-12)11(14)13-10-4-7-16(15)8-5-10/h9-10H,2-8,12H2,1H3,(H,13,14). The molecule has 0 aliphatic carbocycles. The number of rotatable bonds is 5. The van der Waals surface area contributed by atoms with E-state index < -0.39 is 10.8 Å². The lowest BCUT2D eigenvalue weighted by molar-refractivity contribution is -0.125. The van der Waals surface area contributed by atoms with Crippen molar-refractivity contribution >= 4 is 16.7 Å². The van der Waals surface area contributed by atoms with Crippen LogP contribution in [0.25, 0.3) is 0 Å². The summed E-state index contributed by atoms with van der Waals surface area (Å²) in [6.45, 7) is 2.58. The van der Waals surface area contributed by atoms with E-state index in [4.69, 9.17) is 5.73 Å². The van der Waals surface area contributed by atoms with E-state index in [0.717, 1.165) is 37.2 Å². The van der Waals surface area contributed by atoms with Crippen molar-refractivity contribution in [3.05, 3.63) is 0 Å². The molecule has 1 rings (SSSR count). The minimum atomic E-state index is -0.659. The van der Waals surface area contributed by atoms with Crippen LogP contribution in [0.3, 0.4) is 0 Å². The van der Waals surface area contributed by atoms with Gasteiger partial charge in [-0.3, -0.25) is 9.00 Å². The van der Waals surface area contributed by atoms with Crippen molar-refractivity contribution in [1.29, 1.82) is 0 Å². The lowest BCUT2D eigenvalue weighted by Gasteiger charge is -2.24. The highest BCUT2D eigenvalue weighted by Gasteiger charge is 2.21. The average molecular weight is 246 g/mol. The molecule has 1 unspecified atom stereocenters. The van der Waals surface area contributed by atoms with Gasteiger partial charge in [-0.1, -0.05) is 6.92 Å². The van der Waals surface area contributed by atoms with Crippen LogP contribution < -0.4 is 11.1 Å². The maximum atomic E-state index is 11.8. The summed E-state index contributed by atoms with van der Waals surface area (Å²) in [5.74, 6) is 1.60. The number of hydrogen-bond donors (Lipinski definition) is 2. The summed E-state index contributed by atoms with van der Waals surface area (Å²) in [5, 5.41) is 3.03. The Labute approximate surface area is 99.8 Å². The minimum absolute atomic E-state index is 0.0379. The van der Waals surface area contributed by atoms with Crippen LogP contribution in [-0.2, 0) is 15.6 Å². The molecule has 5 heteroatoms. The van der Waals surface area contributed by atoms with Crippen LogP contribution in [-0.4, -0.2) is 34.2 Å². The van der Waals surface area contributed by atoms with Crippen molar-refractivity contribution < 1.29 is 9.00 Å². The van der Waals surface area contributed by atoms with E-state index >= 15 is 0 Å². The van der Waals surface area contributed by atoms with Gasteiger partial charge in [0.05, 0.1) is 0 Å². The quantitative estimate of drug-likeness (QED) is 0.737. The summed E-state index contributed by atoms with van der Waals surface area (Å²) < 4.78 is 11.2. The van der Waals surface area contributed by atoms with Crippen LogP contribution >= 0.6 is 0 Å². The van der Waals surface area contributed by atoms with Crippen LogP contribution in [0.5, 0.6) is 0 Å². The largest absolute Gasteiger partial charge is 0.353 e. The summed E-state index contributed by atoms with van der Waals surface area (Å²) in [6.07, 6.45) is 3.44. The predicted molar refractivity (Wildman–Crippen MR) is 66.5 cm³/mol. The van der Waals surface area contributed by atoms with E-state index in [0.29, 0.717) is 6.54 Å². The molecule has 1 saturated heterocycles. The molecule has 1 amide bonds. The van der Waals surface area contributed by atoms with Gasteiger partial charge in [0.25, 0.3) is 0 Å². The molecule has 1 aliphatic heterocycles. The SMILES string of the molecule is CC(CCCN)C(=O)NC1CCS(=O)CC1. The topological polar surface area (TPSA) is 72.2 Å². The maximum Gasteiger partial charge on any atom is 0.223 e.